The third kappa shape index (κ3) is 5.42. The van der Waals surface area contributed by atoms with Crippen LogP contribution >= 0.6 is 0 Å². The van der Waals surface area contributed by atoms with Gasteiger partial charge in [-0.3, -0.25) is 0 Å². The maximum atomic E-state index is 12.6. The minimum atomic E-state index is -1.29. The Morgan fingerprint density at radius 3 is 1.97 bits per heavy atom. The standard InChI is InChI=1S/C24H20O8/c1-29-17-11-18(30-2)13-19(12-17)32-22(25)14-31-24(28)21-10-16(8-9-20(21)23(26)27)15-6-4-3-5-7-15/h3-13H,14H2,1-2H3,(H,26,27). The molecule has 164 valence electrons. The van der Waals surface area contributed by atoms with Gasteiger partial charge in [-0.2, -0.15) is 0 Å². The molecule has 0 saturated carbocycles. The molecule has 1 N–H and O–H groups in total. The molecule has 0 aliphatic carbocycles. The van der Waals surface area contributed by atoms with E-state index >= 15 is 0 Å². The number of carbonyl (C=O) groups is 3. The van der Waals surface area contributed by atoms with Crippen molar-refractivity contribution in [3.63, 3.8) is 0 Å². The first-order valence-electron chi connectivity index (χ1n) is 9.45. The minimum absolute atomic E-state index is 0.138. The molecule has 3 aromatic carbocycles. The fraction of sp³-hybridized carbons (Fsp3) is 0.125. The van der Waals surface area contributed by atoms with Crippen LogP contribution in [0.5, 0.6) is 17.2 Å². The Labute approximate surface area is 183 Å². The zero-order valence-corrected chi connectivity index (χ0v) is 17.4. The van der Waals surface area contributed by atoms with Gasteiger partial charge in [0.2, 0.25) is 0 Å². The van der Waals surface area contributed by atoms with E-state index in [2.05, 4.69) is 0 Å². The van der Waals surface area contributed by atoms with Crippen LogP contribution in [0.4, 0.5) is 0 Å². The van der Waals surface area contributed by atoms with Crippen molar-refractivity contribution in [2.75, 3.05) is 20.8 Å². The average Bonchev–Trinajstić information content (AvgIpc) is 2.82. The second-order valence-corrected chi connectivity index (χ2v) is 6.53. The number of methoxy groups -OCH3 is 2. The average molecular weight is 436 g/mol. The lowest BCUT2D eigenvalue weighted by molar-refractivity contribution is -0.137. The van der Waals surface area contributed by atoms with E-state index in [1.165, 1.54) is 38.5 Å². The van der Waals surface area contributed by atoms with E-state index in [9.17, 15) is 19.5 Å². The van der Waals surface area contributed by atoms with Gasteiger partial charge in [-0.15, -0.1) is 0 Å². The Kier molecular flexibility index (Phi) is 7.07. The van der Waals surface area contributed by atoms with Gasteiger partial charge < -0.3 is 24.1 Å². The minimum Gasteiger partial charge on any atom is -0.496 e. The molecule has 0 unspecified atom stereocenters. The van der Waals surface area contributed by atoms with Crippen LogP contribution in [0.1, 0.15) is 20.7 Å². The molecule has 3 rings (SSSR count). The summed E-state index contributed by atoms with van der Waals surface area (Å²) in [6.07, 6.45) is 0. The molecule has 0 aliphatic rings. The maximum absolute atomic E-state index is 12.6. The van der Waals surface area contributed by atoms with Gasteiger partial charge in [0.05, 0.1) is 25.3 Å². The third-order valence-corrected chi connectivity index (χ3v) is 4.45. The van der Waals surface area contributed by atoms with Crippen molar-refractivity contribution in [2.45, 2.75) is 0 Å². The lowest BCUT2D eigenvalue weighted by Crippen LogP contribution is -2.20. The molecule has 0 fully saturated rings. The topological polar surface area (TPSA) is 108 Å². The van der Waals surface area contributed by atoms with Crippen molar-refractivity contribution in [3.05, 3.63) is 77.9 Å². The quantitative estimate of drug-likeness (QED) is 0.419. The molecule has 0 bridgehead atoms. The van der Waals surface area contributed by atoms with E-state index < -0.39 is 24.5 Å². The number of aromatic carboxylic acids is 1. The molecule has 0 radical (unpaired) electrons. The molecule has 0 aliphatic heterocycles. The number of rotatable bonds is 8. The Morgan fingerprint density at radius 1 is 0.750 bits per heavy atom. The molecule has 0 aromatic heterocycles. The number of hydrogen-bond donors (Lipinski definition) is 1. The molecule has 32 heavy (non-hydrogen) atoms. The van der Waals surface area contributed by atoms with Crippen LogP contribution in [0.15, 0.2) is 66.7 Å². The van der Waals surface area contributed by atoms with Gasteiger partial charge in [0.15, 0.2) is 6.61 Å². The molecule has 0 atom stereocenters. The van der Waals surface area contributed by atoms with Crippen LogP contribution in [0.25, 0.3) is 11.1 Å². The van der Waals surface area contributed by atoms with E-state index in [0.29, 0.717) is 17.1 Å². The van der Waals surface area contributed by atoms with E-state index in [-0.39, 0.29) is 16.9 Å². The molecule has 0 amide bonds. The first-order valence-corrected chi connectivity index (χ1v) is 9.45. The fourth-order valence-electron chi connectivity index (χ4n) is 2.91. The highest BCUT2D eigenvalue weighted by Gasteiger charge is 2.20. The van der Waals surface area contributed by atoms with Crippen molar-refractivity contribution < 1.29 is 38.4 Å². The Balaban J connectivity index is 1.74. The third-order valence-electron chi connectivity index (χ3n) is 4.45. The van der Waals surface area contributed by atoms with E-state index in [4.69, 9.17) is 18.9 Å². The summed E-state index contributed by atoms with van der Waals surface area (Å²) >= 11 is 0. The number of carbonyl (C=O) groups excluding carboxylic acids is 2. The largest absolute Gasteiger partial charge is 0.496 e. The van der Waals surface area contributed by atoms with Crippen molar-refractivity contribution in [1.29, 1.82) is 0 Å². The molecule has 0 saturated heterocycles. The van der Waals surface area contributed by atoms with Crippen molar-refractivity contribution in [3.8, 4) is 28.4 Å². The summed E-state index contributed by atoms with van der Waals surface area (Å²) in [7, 11) is 2.90. The number of ether oxygens (including phenoxy) is 4. The van der Waals surface area contributed by atoms with E-state index in [0.717, 1.165) is 5.56 Å². The van der Waals surface area contributed by atoms with Gasteiger partial charge >= 0.3 is 17.9 Å². The summed E-state index contributed by atoms with van der Waals surface area (Å²) in [6, 6.07) is 18.0. The summed E-state index contributed by atoms with van der Waals surface area (Å²) in [6.45, 7) is -0.715. The fourth-order valence-corrected chi connectivity index (χ4v) is 2.91. The summed E-state index contributed by atoms with van der Waals surface area (Å²) in [4.78, 5) is 36.3. The summed E-state index contributed by atoms with van der Waals surface area (Å²) in [5.41, 5.74) is 1.02. The maximum Gasteiger partial charge on any atom is 0.349 e. The van der Waals surface area contributed by atoms with E-state index in [1.807, 2.05) is 30.3 Å². The second kappa shape index (κ2) is 10.1. The highest BCUT2D eigenvalue weighted by atomic mass is 16.6. The number of benzene rings is 3. The molecular formula is C24H20O8. The van der Waals surface area contributed by atoms with Gasteiger partial charge in [0.25, 0.3) is 0 Å². The molecule has 3 aromatic rings. The Hall–Kier alpha value is -4.33. The van der Waals surface area contributed by atoms with Crippen molar-refractivity contribution in [2.24, 2.45) is 0 Å². The molecule has 0 spiro atoms. The SMILES string of the molecule is COc1cc(OC)cc(OC(=O)COC(=O)c2cc(-c3ccccc3)ccc2C(=O)O)c1. The van der Waals surface area contributed by atoms with Crippen LogP contribution in [-0.4, -0.2) is 43.8 Å². The Bertz CT molecular complexity index is 1120. The van der Waals surface area contributed by atoms with Crippen molar-refractivity contribution >= 4 is 17.9 Å². The summed E-state index contributed by atoms with van der Waals surface area (Å²) < 4.78 is 20.4. The highest BCUT2D eigenvalue weighted by Crippen LogP contribution is 2.27. The summed E-state index contributed by atoms with van der Waals surface area (Å²) in [5, 5.41) is 9.42. The van der Waals surface area contributed by atoms with Gasteiger partial charge in [-0.1, -0.05) is 36.4 Å². The van der Waals surface area contributed by atoms with Crippen LogP contribution in [0, 0.1) is 0 Å². The van der Waals surface area contributed by atoms with Crippen LogP contribution in [-0.2, 0) is 9.53 Å². The van der Waals surface area contributed by atoms with Crippen LogP contribution in [0.2, 0.25) is 0 Å². The summed E-state index contributed by atoms with van der Waals surface area (Å²) in [5.74, 6) is -2.15. The van der Waals surface area contributed by atoms with E-state index in [1.54, 1.807) is 12.1 Å². The number of hydrogen-bond acceptors (Lipinski definition) is 7. The molecule has 8 heteroatoms. The first kappa shape index (κ1) is 22.4. The van der Waals surface area contributed by atoms with Gasteiger partial charge in [-0.25, -0.2) is 14.4 Å². The predicted octanol–water partition coefficient (Wildman–Crippen LogP) is 3.83. The Morgan fingerprint density at radius 2 is 1.38 bits per heavy atom. The monoisotopic (exact) mass is 436 g/mol. The smallest absolute Gasteiger partial charge is 0.349 e. The van der Waals surface area contributed by atoms with Gasteiger partial charge in [0.1, 0.15) is 17.2 Å². The zero-order chi connectivity index (χ0) is 23.1. The molecule has 8 nitrogen and oxygen atoms in total. The normalized spacial score (nSPS) is 10.2. The highest BCUT2D eigenvalue weighted by molar-refractivity contribution is 6.03. The van der Waals surface area contributed by atoms with Gasteiger partial charge in [0, 0.05) is 18.2 Å². The first-order chi connectivity index (χ1) is 15.4. The van der Waals surface area contributed by atoms with Crippen molar-refractivity contribution in [1.82, 2.24) is 0 Å². The molecule has 0 heterocycles. The van der Waals surface area contributed by atoms with Gasteiger partial charge in [-0.05, 0) is 23.3 Å². The lowest BCUT2D eigenvalue weighted by Gasteiger charge is -2.11. The number of esters is 2. The zero-order valence-electron chi connectivity index (χ0n) is 17.4. The lowest BCUT2D eigenvalue weighted by atomic mass is 9.99. The van der Waals surface area contributed by atoms with Crippen LogP contribution in [0.3, 0.4) is 0 Å². The molecular weight excluding hydrogens is 416 g/mol. The number of carboxylic acid groups (broad SMARTS) is 1. The van der Waals surface area contributed by atoms with Crippen LogP contribution < -0.4 is 14.2 Å². The second-order valence-electron chi connectivity index (χ2n) is 6.53. The number of carboxylic acids is 1. The predicted molar refractivity (Wildman–Crippen MR) is 114 cm³/mol.